The molecule has 0 aliphatic heterocycles. The fraction of sp³-hybridized carbons (Fsp3) is 0.111. The molecule has 0 heterocycles. The van der Waals surface area contributed by atoms with E-state index < -0.39 is 5.91 Å². The van der Waals surface area contributed by atoms with E-state index in [1.54, 1.807) is 48.5 Å². The average molecular weight is 322 g/mol. The summed E-state index contributed by atoms with van der Waals surface area (Å²) >= 11 is 0. The van der Waals surface area contributed by atoms with Gasteiger partial charge in [-0.25, -0.2) is 0 Å². The highest BCUT2D eigenvalue weighted by Crippen LogP contribution is 2.11. The van der Waals surface area contributed by atoms with Gasteiger partial charge < -0.3 is 21.5 Å². The van der Waals surface area contributed by atoms with Gasteiger partial charge >= 0.3 is 0 Å². The van der Waals surface area contributed by atoms with Crippen LogP contribution in [0.15, 0.2) is 60.3 Å². The van der Waals surface area contributed by atoms with Crippen molar-refractivity contribution in [3.63, 3.8) is 0 Å². The number of nitriles is 1. The predicted molar refractivity (Wildman–Crippen MR) is 93.0 cm³/mol. The van der Waals surface area contributed by atoms with Crippen LogP contribution < -0.4 is 16.4 Å². The van der Waals surface area contributed by atoms with Gasteiger partial charge in [0.1, 0.15) is 17.4 Å². The molecule has 0 spiro atoms. The molecule has 0 fully saturated rings. The minimum Gasteiger partial charge on any atom is -0.508 e. The van der Waals surface area contributed by atoms with Crippen LogP contribution in [0, 0.1) is 11.3 Å². The number of benzene rings is 2. The van der Waals surface area contributed by atoms with Gasteiger partial charge in [-0.2, -0.15) is 5.26 Å². The Bertz CT molecular complexity index is 759. The number of hydrogen-bond donors (Lipinski definition) is 4. The lowest BCUT2D eigenvalue weighted by atomic mass is 10.1. The molecule has 1 amide bonds. The lowest BCUT2D eigenvalue weighted by molar-refractivity contribution is -0.117. The summed E-state index contributed by atoms with van der Waals surface area (Å²) in [6, 6.07) is 15.6. The van der Waals surface area contributed by atoms with Crippen LogP contribution in [0.1, 0.15) is 5.56 Å². The second-order valence-electron chi connectivity index (χ2n) is 5.11. The molecule has 0 aromatic heterocycles. The van der Waals surface area contributed by atoms with Gasteiger partial charge in [0.2, 0.25) is 0 Å². The highest BCUT2D eigenvalue weighted by atomic mass is 16.3. The zero-order valence-corrected chi connectivity index (χ0v) is 13.0. The quantitative estimate of drug-likeness (QED) is 0.370. The normalized spacial score (nSPS) is 10.7. The summed E-state index contributed by atoms with van der Waals surface area (Å²) in [5.41, 5.74) is 7.93. The first-order valence-corrected chi connectivity index (χ1v) is 7.37. The number of anilines is 2. The van der Waals surface area contributed by atoms with Crippen molar-refractivity contribution < 1.29 is 9.90 Å². The first kappa shape index (κ1) is 16.9. The van der Waals surface area contributed by atoms with Crippen molar-refractivity contribution in [1.29, 1.82) is 5.26 Å². The van der Waals surface area contributed by atoms with Crippen LogP contribution in [0.3, 0.4) is 0 Å². The second-order valence-corrected chi connectivity index (χ2v) is 5.11. The van der Waals surface area contributed by atoms with Gasteiger partial charge in [0.15, 0.2) is 0 Å². The van der Waals surface area contributed by atoms with Crippen LogP contribution in [0.25, 0.3) is 0 Å². The lowest BCUT2D eigenvalue weighted by Crippen LogP contribution is -2.27. The molecule has 24 heavy (non-hydrogen) atoms. The highest BCUT2D eigenvalue weighted by Gasteiger charge is 2.08. The van der Waals surface area contributed by atoms with Gasteiger partial charge in [0.25, 0.3) is 5.91 Å². The minimum atomic E-state index is -0.445. The Morgan fingerprint density at radius 2 is 1.83 bits per heavy atom. The third-order valence-electron chi connectivity index (χ3n) is 3.29. The van der Waals surface area contributed by atoms with Gasteiger partial charge in [0.05, 0.1) is 0 Å². The zero-order chi connectivity index (χ0) is 17.4. The fourth-order valence-electron chi connectivity index (χ4n) is 1.96. The van der Waals surface area contributed by atoms with Crippen molar-refractivity contribution in [3.05, 3.63) is 65.9 Å². The molecule has 0 atom stereocenters. The van der Waals surface area contributed by atoms with Crippen molar-refractivity contribution in [3.8, 4) is 11.8 Å². The molecule has 6 nitrogen and oxygen atoms in total. The summed E-state index contributed by atoms with van der Waals surface area (Å²) in [5, 5.41) is 23.9. The molecule has 0 bridgehead atoms. The topological polar surface area (TPSA) is 111 Å². The van der Waals surface area contributed by atoms with E-state index in [0.29, 0.717) is 18.7 Å². The Hall–Kier alpha value is -3.46. The van der Waals surface area contributed by atoms with Crippen LogP contribution in [-0.4, -0.2) is 17.6 Å². The van der Waals surface area contributed by atoms with Gasteiger partial charge in [-0.1, -0.05) is 12.1 Å². The molecule has 0 saturated heterocycles. The standard InChI is InChI=1S/C18H18N4O2/c19-11-14(12-22-16-5-3-15(20)4-6-16)18(24)21-10-9-13-1-7-17(23)8-2-13/h1-8,12,22-23H,9-10,20H2,(H,21,24)/b14-12-. The molecular weight excluding hydrogens is 304 g/mol. The van der Waals surface area contributed by atoms with E-state index in [0.717, 1.165) is 11.3 Å². The first-order valence-electron chi connectivity index (χ1n) is 7.37. The van der Waals surface area contributed by atoms with Crippen molar-refractivity contribution in [2.45, 2.75) is 6.42 Å². The molecule has 0 unspecified atom stereocenters. The van der Waals surface area contributed by atoms with E-state index in [4.69, 9.17) is 11.0 Å². The Morgan fingerprint density at radius 3 is 2.46 bits per heavy atom. The van der Waals surface area contributed by atoms with Crippen LogP contribution in [-0.2, 0) is 11.2 Å². The smallest absolute Gasteiger partial charge is 0.263 e. The average Bonchev–Trinajstić information content (AvgIpc) is 2.59. The molecule has 122 valence electrons. The van der Waals surface area contributed by atoms with Gasteiger partial charge in [0, 0.05) is 24.1 Å². The zero-order valence-electron chi connectivity index (χ0n) is 13.0. The van der Waals surface area contributed by atoms with Crippen LogP contribution in [0.5, 0.6) is 5.75 Å². The van der Waals surface area contributed by atoms with E-state index >= 15 is 0 Å². The first-order chi connectivity index (χ1) is 11.6. The number of carbonyl (C=O) groups is 1. The summed E-state index contributed by atoms with van der Waals surface area (Å²) in [4.78, 5) is 12.0. The molecule has 2 rings (SSSR count). The number of nitrogens with zero attached hydrogens (tertiary/aromatic N) is 1. The largest absolute Gasteiger partial charge is 0.508 e. The van der Waals surface area contributed by atoms with Crippen molar-refractivity contribution in [2.75, 3.05) is 17.6 Å². The number of phenols is 1. The minimum absolute atomic E-state index is 0.0162. The summed E-state index contributed by atoms with van der Waals surface area (Å²) in [6.07, 6.45) is 1.97. The van der Waals surface area contributed by atoms with E-state index in [-0.39, 0.29) is 11.3 Å². The molecule has 2 aromatic rings. The van der Waals surface area contributed by atoms with Gasteiger partial charge in [-0.15, -0.1) is 0 Å². The molecule has 5 N–H and O–H groups in total. The Balaban J connectivity index is 1.86. The Labute approximate surface area is 140 Å². The summed E-state index contributed by atoms with van der Waals surface area (Å²) < 4.78 is 0. The van der Waals surface area contributed by atoms with E-state index in [1.807, 2.05) is 6.07 Å². The number of hydrogen-bond acceptors (Lipinski definition) is 5. The van der Waals surface area contributed by atoms with Gasteiger partial charge in [-0.3, -0.25) is 4.79 Å². The summed E-state index contributed by atoms with van der Waals surface area (Å²) in [7, 11) is 0. The summed E-state index contributed by atoms with van der Waals surface area (Å²) in [6.45, 7) is 0.393. The SMILES string of the molecule is N#C/C(=C/Nc1ccc(N)cc1)C(=O)NCCc1ccc(O)cc1. The second kappa shape index (κ2) is 8.25. The number of rotatable bonds is 6. The number of nitrogens with two attached hydrogens (primary N) is 1. The number of aromatic hydroxyl groups is 1. The fourth-order valence-corrected chi connectivity index (χ4v) is 1.96. The van der Waals surface area contributed by atoms with Crippen LogP contribution >= 0.6 is 0 Å². The predicted octanol–water partition coefficient (Wildman–Crippen LogP) is 2.15. The van der Waals surface area contributed by atoms with Crippen molar-refractivity contribution in [2.24, 2.45) is 0 Å². The maximum Gasteiger partial charge on any atom is 0.263 e. The third-order valence-corrected chi connectivity index (χ3v) is 3.29. The van der Waals surface area contributed by atoms with E-state index in [1.165, 1.54) is 6.20 Å². The molecule has 0 aliphatic rings. The Morgan fingerprint density at radius 1 is 1.17 bits per heavy atom. The van der Waals surface area contributed by atoms with Crippen molar-refractivity contribution >= 4 is 17.3 Å². The molecule has 6 heteroatoms. The highest BCUT2D eigenvalue weighted by molar-refractivity contribution is 5.97. The monoisotopic (exact) mass is 322 g/mol. The molecular formula is C18H18N4O2. The maximum absolute atomic E-state index is 12.0. The van der Waals surface area contributed by atoms with Crippen LogP contribution in [0.2, 0.25) is 0 Å². The third kappa shape index (κ3) is 5.07. The number of carbonyl (C=O) groups excluding carboxylic acids is 1. The molecule has 0 radical (unpaired) electrons. The lowest BCUT2D eigenvalue weighted by Gasteiger charge is -2.06. The maximum atomic E-state index is 12.0. The van der Waals surface area contributed by atoms with E-state index in [9.17, 15) is 9.90 Å². The summed E-state index contributed by atoms with van der Waals surface area (Å²) in [5.74, 6) is -0.245. The Kier molecular flexibility index (Phi) is 5.81. The van der Waals surface area contributed by atoms with Gasteiger partial charge in [-0.05, 0) is 48.4 Å². The molecule has 2 aromatic carbocycles. The van der Waals surface area contributed by atoms with Crippen molar-refractivity contribution in [1.82, 2.24) is 5.32 Å². The van der Waals surface area contributed by atoms with Crippen LogP contribution in [0.4, 0.5) is 11.4 Å². The number of nitrogen functional groups attached to an aromatic ring is 1. The molecule has 0 aliphatic carbocycles. The number of nitrogens with one attached hydrogen (secondary N) is 2. The number of phenolic OH excluding ortho intramolecular Hbond substituents is 1. The molecule has 0 saturated carbocycles. The number of amides is 1. The van der Waals surface area contributed by atoms with E-state index in [2.05, 4.69) is 10.6 Å².